The lowest BCUT2D eigenvalue weighted by Crippen LogP contribution is -2.37. The molecule has 1 aromatic heterocycles. The van der Waals surface area contributed by atoms with E-state index in [1.54, 1.807) is 7.11 Å². The quantitative estimate of drug-likeness (QED) is 0.836. The minimum atomic E-state index is -0.0293. The van der Waals surface area contributed by atoms with E-state index in [2.05, 4.69) is 0 Å². The van der Waals surface area contributed by atoms with Crippen LogP contribution in [0.5, 0.6) is 5.75 Å². The van der Waals surface area contributed by atoms with Crippen molar-refractivity contribution in [2.45, 2.75) is 20.3 Å². The second-order valence-corrected chi connectivity index (χ2v) is 7.16. The third kappa shape index (κ3) is 3.99. The minimum absolute atomic E-state index is 0.0222. The van der Waals surface area contributed by atoms with Crippen molar-refractivity contribution in [3.63, 3.8) is 0 Å². The summed E-state index contributed by atoms with van der Waals surface area (Å²) < 4.78 is 7.32. The van der Waals surface area contributed by atoms with Gasteiger partial charge in [-0.15, -0.1) is 0 Å². The molecule has 1 aliphatic heterocycles. The van der Waals surface area contributed by atoms with Gasteiger partial charge in [0.1, 0.15) is 5.75 Å². The van der Waals surface area contributed by atoms with E-state index >= 15 is 0 Å². The molecule has 0 radical (unpaired) electrons. The van der Waals surface area contributed by atoms with Gasteiger partial charge in [-0.1, -0.05) is 6.07 Å². The Morgan fingerprint density at radius 3 is 2.26 bits per heavy atom. The van der Waals surface area contributed by atoms with Gasteiger partial charge in [0.25, 0.3) is 11.8 Å². The number of amides is 2. The summed E-state index contributed by atoms with van der Waals surface area (Å²) in [6.07, 6.45) is 4.46. The van der Waals surface area contributed by atoms with Crippen LogP contribution in [0.1, 0.15) is 38.3 Å². The van der Waals surface area contributed by atoms with E-state index in [1.807, 2.05) is 65.9 Å². The molecule has 2 heterocycles. The summed E-state index contributed by atoms with van der Waals surface area (Å²) in [5, 5.41) is 0. The average Bonchev–Trinajstić information content (AvgIpc) is 2.92. The van der Waals surface area contributed by atoms with E-state index in [9.17, 15) is 9.59 Å². The highest BCUT2D eigenvalue weighted by atomic mass is 16.5. The number of benzene rings is 1. The maximum Gasteiger partial charge on any atom is 0.257 e. The lowest BCUT2D eigenvalue weighted by atomic mass is 10.0. The van der Waals surface area contributed by atoms with Crippen LogP contribution < -0.4 is 4.74 Å². The molecule has 1 saturated heterocycles. The first-order valence-corrected chi connectivity index (χ1v) is 9.26. The van der Waals surface area contributed by atoms with Crippen LogP contribution in [0, 0.1) is 13.8 Å². The first-order valence-electron chi connectivity index (χ1n) is 9.26. The molecular formula is C21H27N3O3. The highest BCUT2D eigenvalue weighted by molar-refractivity contribution is 5.99. The molecule has 1 fully saturated rings. The van der Waals surface area contributed by atoms with Gasteiger partial charge >= 0.3 is 0 Å². The Labute approximate surface area is 160 Å². The highest BCUT2D eigenvalue weighted by Crippen LogP contribution is 2.26. The molecule has 1 aliphatic rings. The van der Waals surface area contributed by atoms with Crippen LogP contribution in [0.25, 0.3) is 0 Å². The van der Waals surface area contributed by atoms with E-state index in [0.717, 1.165) is 17.5 Å². The standard InChI is InChI=1S/C21H27N3O3/c1-15-12-16(2)19(18(13-15)27-4)21(26)24-8-5-7-23(10-11-24)20(25)17-6-9-22(3)14-17/h6,9,12-14H,5,7-8,10-11H2,1-4H3. The van der Waals surface area contributed by atoms with Crippen LogP contribution in [0.4, 0.5) is 0 Å². The number of aromatic nitrogens is 1. The third-order valence-electron chi connectivity index (χ3n) is 5.03. The number of rotatable bonds is 3. The maximum absolute atomic E-state index is 13.2. The van der Waals surface area contributed by atoms with E-state index in [4.69, 9.17) is 4.74 Å². The van der Waals surface area contributed by atoms with Crippen LogP contribution in [0.15, 0.2) is 30.6 Å². The normalized spacial score (nSPS) is 14.8. The van der Waals surface area contributed by atoms with E-state index in [1.165, 1.54) is 0 Å². The summed E-state index contributed by atoms with van der Waals surface area (Å²) in [7, 11) is 3.49. The van der Waals surface area contributed by atoms with Gasteiger partial charge in [-0.3, -0.25) is 9.59 Å². The van der Waals surface area contributed by atoms with Gasteiger partial charge in [0.15, 0.2) is 0 Å². The van der Waals surface area contributed by atoms with Gasteiger partial charge < -0.3 is 19.1 Å². The fraction of sp³-hybridized carbons (Fsp3) is 0.429. The second-order valence-electron chi connectivity index (χ2n) is 7.16. The monoisotopic (exact) mass is 369 g/mol. The number of carbonyl (C=O) groups excluding carboxylic acids is 2. The predicted molar refractivity (Wildman–Crippen MR) is 104 cm³/mol. The van der Waals surface area contributed by atoms with Crippen molar-refractivity contribution in [3.05, 3.63) is 52.8 Å². The third-order valence-corrected chi connectivity index (χ3v) is 5.03. The Kier molecular flexibility index (Phi) is 5.54. The largest absolute Gasteiger partial charge is 0.496 e. The van der Waals surface area contributed by atoms with Crippen LogP contribution in [0.3, 0.4) is 0 Å². The molecule has 0 saturated carbocycles. The molecule has 0 aliphatic carbocycles. The molecule has 27 heavy (non-hydrogen) atoms. The van der Waals surface area contributed by atoms with Crippen molar-refractivity contribution in [2.75, 3.05) is 33.3 Å². The molecule has 1 aromatic carbocycles. The summed E-state index contributed by atoms with van der Waals surface area (Å²) in [5.41, 5.74) is 3.29. The highest BCUT2D eigenvalue weighted by Gasteiger charge is 2.26. The molecule has 2 aromatic rings. The Morgan fingerprint density at radius 1 is 1.00 bits per heavy atom. The minimum Gasteiger partial charge on any atom is -0.496 e. The molecule has 0 bridgehead atoms. The predicted octanol–water partition coefficient (Wildman–Crippen LogP) is 2.64. The molecule has 6 nitrogen and oxygen atoms in total. The van der Waals surface area contributed by atoms with E-state index < -0.39 is 0 Å². The summed E-state index contributed by atoms with van der Waals surface area (Å²) in [6, 6.07) is 5.72. The average molecular weight is 369 g/mol. The smallest absolute Gasteiger partial charge is 0.257 e. The fourth-order valence-electron chi connectivity index (χ4n) is 3.66. The number of hydrogen-bond donors (Lipinski definition) is 0. The summed E-state index contributed by atoms with van der Waals surface area (Å²) in [4.78, 5) is 29.5. The van der Waals surface area contributed by atoms with Crippen molar-refractivity contribution >= 4 is 11.8 Å². The lowest BCUT2D eigenvalue weighted by Gasteiger charge is -2.23. The van der Waals surface area contributed by atoms with Gasteiger partial charge in [-0.2, -0.15) is 0 Å². The number of hydrogen-bond acceptors (Lipinski definition) is 3. The molecule has 2 amide bonds. The van der Waals surface area contributed by atoms with E-state index in [0.29, 0.717) is 43.1 Å². The van der Waals surface area contributed by atoms with Gasteiger partial charge in [0.05, 0.1) is 18.2 Å². The molecular weight excluding hydrogens is 342 g/mol. The Morgan fingerprint density at radius 2 is 1.67 bits per heavy atom. The van der Waals surface area contributed by atoms with Crippen molar-refractivity contribution in [2.24, 2.45) is 7.05 Å². The number of methoxy groups -OCH3 is 1. The number of carbonyl (C=O) groups is 2. The van der Waals surface area contributed by atoms with Crippen molar-refractivity contribution in [1.82, 2.24) is 14.4 Å². The Balaban J connectivity index is 1.75. The number of nitrogens with zero attached hydrogens (tertiary/aromatic N) is 3. The van der Waals surface area contributed by atoms with Crippen LogP contribution in [-0.4, -0.2) is 59.5 Å². The van der Waals surface area contributed by atoms with Crippen LogP contribution >= 0.6 is 0 Å². The molecule has 0 unspecified atom stereocenters. The second kappa shape index (κ2) is 7.86. The van der Waals surface area contributed by atoms with Crippen LogP contribution in [-0.2, 0) is 7.05 Å². The van der Waals surface area contributed by atoms with Gasteiger partial charge in [-0.05, 0) is 43.5 Å². The Bertz CT molecular complexity index is 856. The molecule has 0 atom stereocenters. The Hall–Kier alpha value is -2.76. The van der Waals surface area contributed by atoms with Crippen LogP contribution in [0.2, 0.25) is 0 Å². The number of aryl methyl sites for hydroxylation is 3. The summed E-state index contributed by atoms with van der Waals surface area (Å²) in [5.74, 6) is 0.603. The molecule has 0 N–H and O–H groups in total. The topological polar surface area (TPSA) is 54.8 Å². The van der Waals surface area contributed by atoms with Gasteiger partial charge in [-0.25, -0.2) is 0 Å². The van der Waals surface area contributed by atoms with Crippen molar-refractivity contribution in [3.8, 4) is 5.75 Å². The SMILES string of the molecule is COc1cc(C)cc(C)c1C(=O)N1CCCN(C(=O)c2ccn(C)c2)CC1. The zero-order chi connectivity index (χ0) is 19.6. The lowest BCUT2D eigenvalue weighted by molar-refractivity contribution is 0.0716. The van der Waals surface area contributed by atoms with Crippen molar-refractivity contribution < 1.29 is 14.3 Å². The first kappa shape index (κ1) is 19.0. The summed E-state index contributed by atoms with van der Waals surface area (Å²) >= 11 is 0. The maximum atomic E-state index is 13.2. The van der Waals surface area contributed by atoms with Gasteiger partial charge in [0, 0.05) is 45.6 Å². The zero-order valence-corrected chi connectivity index (χ0v) is 16.5. The molecule has 3 rings (SSSR count). The molecule has 0 spiro atoms. The van der Waals surface area contributed by atoms with Gasteiger partial charge in [0.2, 0.25) is 0 Å². The zero-order valence-electron chi connectivity index (χ0n) is 16.5. The molecule has 6 heteroatoms. The number of ether oxygens (including phenoxy) is 1. The summed E-state index contributed by atoms with van der Waals surface area (Å²) in [6.45, 7) is 6.27. The van der Waals surface area contributed by atoms with E-state index in [-0.39, 0.29) is 11.8 Å². The first-order chi connectivity index (χ1) is 12.9. The molecule has 144 valence electrons. The fourth-order valence-corrected chi connectivity index (χ4v) is 3.66. The van der Waals surface area contributed by atoms with Crippen molar-refractivity contribution in [1.29, 1.82) is 0 Å².